The number of benzene rings is 1. The summed E-state index contributed by atoms with van der Waals surface area (Å²) < 4.78 is 5.27. The minimum Gasteiger partial charge on any atom is -0.496 e. The highest BCUT2D eigenvalue weighted by Gasteiger charge is 2.31. The third kappa shape index (κ3) is 2.60. The summed E-state index contributed by atoms with van der Waals surface area (Å²) in [5.41, 5.74) is 0.856. The Morgan fingerprint density at radius 3 is 3.06 bits per heavy atom. The average Bonchev–Trinajstić information content (AvgIpc) is 2.80. The van der Waals surface area contributed by atoms with Gasteiger partial charge >= 0.3 is 5.97 Å². The van der Waals surface area contributed by atoms with Gasteiger partial charge in [0.2, 0.25) is 0 Å². The van der Waals surface area contributed by atoms with Gasteiger partial charge in [-0.05, 0) is 31.5 Å². The second kappa shape index (κ2) is 5.59. The number of carboxylic acid groups (broad SMARTS) is 1. The Bertz CT molecular complexity index is 450. The van der Waals surface area contributed by atoms with Crippen molar-refractivity contribution in [3.05, 3.63) is 28.8 Å². The van der Waals surface area contributed by atoms with Crippen LogP contribution in [0, 0.1) is 0 Å². The lowest BCUT2D eigenvalue weighted by atomic mass is 10.1. The number of methoxy groups -OCH3 is 1. The minimum atomic E-state index is -0.765. The van der Waals surface area contributed by atoms with Crippen LogP contribution in [0.1, 0.15) is 18.4 Å². The zero-order valence-electron chi connectivity index (χ0n) is 10.2. The first kappa shape index (κ1) is 13.2. The van der Waals surface area contributed by atoms with Crippen molar-refractivity contribution in [1.29, 1.82) is 0 Å². The molecule has 5 heteroatoms. The molecule has 0 aliphatic carbocycles. The van der Waals surface area contributed by atoms with Crippen LogP contribution < -0.4 is 4.74 Å². The van der Waals surface area contributed by atoms with E-state index in [2.05, 4.69) is 0 Å². The van der Waals surface area contributed by atoms with Gasteiger partial charge in [-0.3, -0.25) is 9.69 Å². The van der Waals surface area contributed by atoms with Crippen LogP contribution in [0.4, 0.5) is 0 Å². The fraction of sp³-hybridized carbons (Fsp3) is 0.462. The summed E-state index contributed by atoms with van der Waals surface area (Å²) in [5, 5.41) is 9.77. The van der Waals surface area contributed by atoms with Crippen molar-refractivity contribution in [2.45, 2.75) is 25.4 Å². The number of carboxylic acids is 1. The van der Waals surface area contributed by atoms with Crippen molar-refractivity contribution < 1.29 is 14.6 Å². The number of aliphatic carboxylic acids is 1. The predicted molar refractivity (Wildman–Crippen MR) is 69.1 cm³/mol. The Morgan fingerprint density at radius 2 is 2.39 bits per heavy atom. The van der Waals surface area contributed by atoms with Crippen LogP contribution in [-0.4, -0.2) is 35.7 Å². The third-order valence-electron chi connectivity index (χ3n) is 3.31. The predicted octanol–water partition coefficient (Wildman–Crippen LogP) is 2.40. The number of nitrogens with zero attached hydrogens (tertiary/aromatic N) is 1. The highest BCUT2D eigenvalue weighted by Crippen LogP contribution is 2.30. The van der Waals surface area contributed by atoms with Gasteiger partial charge in [0.15, 0.2) is 0 Å². The van der Waals surface area contributed by atoms with Crippen molar-refractivity contribution in [1.82, 2.24) is 4.90 Å². The quantitative estimate of drug-likeness (QED) is 0.912. The molecule has 0 bridgehead atoms. The summed E-state index contributed by atoms with van der Waals surface area (Å²) in [6.07, 6.45) is 1.60. The molecule has 98 valence electrons. The first-order valence-electron chi connectivity index (χ1n) is 5.91. The molecule has 2 rings (SSSR count). The number of ether oxygens (including phenoxy) is 1. The first-order chi connectivity index (χ1) is 8.63. The van der Waals surface area contributed by atoms with Gasteiger partial charge in [0.1, 0.15) is 11.8 Å². The fourth-order valence-electron chi connectivity index (χ4n) is 2.38. The maximum Gasteiger partial charge on any atom is 0.320 e. The molecule has 1 heterocycles. The molecule has 1 fully saturated rings. The zero-order chi connectivity index (χ0) is 13.1. The molecule has 18 heavy (non-hydrogen) atoms. The van der Waals surface area contributed by atoms with Gasteiger partial charge in [-0.25, -0.2) is 0 Å². The summed E-state index contributed by atoms with van der Waals surface area (Å²) in [6.45, 7) is 1.30. The van der Waals surface area contributed by atoms with Gasteiger partial charge in [-0.15, -0.1) is 0 Å². The first-order valence-corrected chi connectivity index (χ1v) is 6.29. The van der Waals surface area contributed by atoms with E-state index < -0.39 is 12.0 Å². The summed E-state index contributed by atoms with van der Waals surface area (Å²) in [7, 11) is 1.59. The van der Waals surface area contributed by atoms with Crippen molar-refractivity contribution >= 4 is 17.6 Å². The molecule has 1 aromatic rings. The van der Waals surface area contributed by atoms with Gasteiger partial charge < -0.3 is 9.84 Å². The molecule has 1 aromatic carbocycles. The second-order valence-electron chi connectivity index (χ2n) is 4.39. The molecule has 0 spiro atoms. The van der Waals surface area contributed by atoms with Crippen molar-refractivity contribution in [3.63, 3.8) is 0 Å². The smallest absolute Gasteiger partial charge is 0.320 e. The molecule has 4 nitrogen and oxygen atoms in total. The monoisotopic (exact) mass is 269 g/mol. The van der Waals surface area contributed by atoms with E-state index in [0.29, 0.717) is 23.7 Å². The number of likely N-dealkylation sites (tertiary alicyclic amines) is 1. The molecule has 0 amide bonds. The van der Waals surface area contributed by atoms with Crippen LogP contribution in [0.5, 0.6) is 5.75 Å². The minimum absolute atomic E-state index is 0.411. The highest BCUT2D eigenvalue weighted by molar-refractivity contribution is 6.31. The summed E-state index contributed by atoms with van der Waals surface area (Å²) in [6, 6.07) is 5.05. The highest BCUT2D eigenvalue weighted by atomic mass is 35.5. The van der Waals surface area contributed by atoms with E-state index in [-0.39, 0.29) is 0 Å². The van der Waals surface area contributed by atoms with Crippen molar-refractivity contribution in [2.24, 2.45) is 0 Å². The van der Waals surface area contributed by atoms with E-state index in [9.17, 15) is 4.79 Å². The van der Waals surface area contributed by atoms with E-state index in [1.54, 1.807) is 13.2 Å². The van der Waals surface area contributed by atoms with E-state index in [1.165, 1.54) is 0 Å². The molecular weight excluding hydrogens is 254 g/mol. The Labute approximate surface area is 111 Å². The van der Waals surface area contributed by atoms with Gasteiger partial charge in [0.05, 0.1) is 7.11 Å². The molecular formula is C13H16ClNO3. The normalized spacial score (nSPS) is 20.0. The molecule has 1 unspecified atom stereocenters. The van der Waals surface area contributed by atoms with Crippen molar-refractivity contribution in [2.75, 3.05) is 13.7 Å². The molecule has 1 atom stereocenters. The van der Waals surface area contributed by atoms with Gasteiger partial charge in [-0.2, -0.15) is 0 Å². The Morgan fingerprint density at radius 1 is 1.61 bits per heavy atom. The van der Waals surface area contributed by atoms with E-state index in [0.717, 1.165) is 18.5 Å². The SMILES string of the molecule is COc1cccc(Cl)c1CN1CCCC1C(=O)O. The van der Waals surface area contributed by atoms with E-state index in [4.69, 9.17) is 21.4 Å². The maximum absolute atomic E-state index is 11.1. The Hall–Kier alpha value is -1.26. The molecule has 0 radical (unpaired) electrons. The lowest BCUT2D eigenvalue weighted by Gasteiger charge is -2.22. The average molecular weight is 270 g/mol. The van der Waals surface area contributed by atoms with Gasteiger partial charge in [0.25, 0.3) is 0 Å². The Balaban J connectivity index is 2.21. The zero-order valence-corrected chi connectivity index (χ0v) is 11.0. The number of carbonyl (C=O) groups is 1. The Kier molecular flexibility index (Phi) is 4.09. The lowest BCUT2D eigenvalue weighted by Crippen LogP contribution is -2.35. The van der Waals surface area contributed by atoms with E-state index >= 15 is 0 Å². The van der Waals surface area contributed by atoms with Crippen LogP contribution in [0.25, 0.3) is 0 Å². The fourth-order valence-corrected chi connectivity index (χ4v) is 2.61. The molecule has 0 saturated carbocycles. The number of hydrogen-bond donors (Lipinski definition) is 1. The molecule has 1 N–H and O–H groups in total. The molecule has 1 aliphatic rings. The van der Waals surface area contributed by atoms with Crippen LogP contribution in [0.15, 0.2) is 18.2 Å². The van der Waals surface area contributed by atoms with Gasteiger partial charge in [-0.1, -0.05) is 17.7 Å². The second-order valence-corrected chi connectivity index (χ2v) is 4.79. The van der Waals surface area contributed by atoms with Crippen LogP contribution in [-0.2, 0) is 11.3 Å². The lowest BCUT2D eigenvalue weighted by molar-refractivity contribution is -0.142. The topological polar surface area (TPSA) is 49.8 Å². The van der Waals surface area contributed by atoms with Crippen molar-refractivity contribution in [3.8, 4) is 5.75 Å². The van der Waals surface area contributed by atoms with Crippen LogP contribution in [0.3, 0.4) is 0 Å². The number of hydrogen-bond acceptors (Lipinski definition) is 3. The molecule has 1 aliphatic heterocycles. The van der Waals surface area contributed by atoms with Crippen LogP contribution >= 0.6 is 11.6 Å². The third-order valence-corrected chi connectivity index (χ3v) is 3.66. The standard InChI is InChI=1S/C13H16ClNO3/c1-18-12-6-2-4-10(14)9(12)8-15-7-3-5-11(15)13(16)17/h2,4,6,11H,3,5,7-8H2,1H3,(H,16,17). The van der Waals surface area contributed by atoms with Gasteiger partial charge in [0, 0.05) is 17.1 Å². The van der Waals surface area contributed by atoms with Crippen LogP contribution in [0.2, 0.25) is 5.02 Å². The summed E-state index contributed by atoms with van der Waals surface area (Å²) in [4.78, 5) is 13.1. The molecule has 0 aromatic heterocycles. The maximum atomic E-state index is 11.1. The largest absolute Gasteiger partial charge is 0.496 e. The van der Waals surface area contributed by atoms with E-state index in [1.807, 2.05) is 17.0 Å². The number of rotatable bonds is 4. The molecule has 1 saturated heterocycles. The number of halogens is 1. The summed E-state index contributed by atoms with van der Waals surface area (Å²) >= 11 is 6.16. The summed E-state index contributed by atoms with van der Waals surface area (Å²) in [5.74, 6) is -0.0583.